The minimum absolute atomic E-state index is 0.232. The summed E-state index contributed by atoms with van der Waals surface area (Å²) in [6, 6.07) is -0.232. The molecule has 1 aromatic heterocycles. The van der Waals surface area contributed by atoms with Gasteiger partial charge < -0.3 is 10.8 Å². The number of aryl methyl sites for hydroxylation is 1. The van der Waals surface area contributed by atoms with Crippen molar-refractivity contribution < 1.29 is 5.11 Å². The van der Waals surface area contributed by atoms with Crippen LogP contribution in [0.3, 0.4) is 0 Å². The molecule has 0 spiro atoms. The van der Waals surface area contributed by atoms with Gasteiger partial charge >= 0.3 is 0 Å². The number of hydrogen-bond donors (Lipinski definition) is 2. The summed E-state index contributed by atoms with van der Waals surface area (Å²) in [5.41, 5.74) is 6.70. The van der Waals surface area contributed by atoms with Gasteiger partial charge in [-0.3, -0.25) is 4.68 Å². The Hall–Kier alpha value is -0.870. The normalized spacial score (nSPS) is 15.6. The fourth-order valence-electron chi connectivity index (χ4n) is 1.47. The van der Waals surface area contributed by atoms with Gasteiger partial charge in [-0.2, -0.15) is 5.10 Å². The molecule has 4 nitrogen and oxygen atoms in total. The van der Waals surface area contributed by atoms with Gasteiger partial charge in [-0.05, 0) is 12.3 Å². The second kappa shape index (κ2) is 5.28. The van der Waals surface area contributed by atoms with Crippen LogP contribution in [0.15, 0.2) is 12.4 Å². The van der Waals surface area contributed by atoms with Crippen LogP contribution in [0, 0.1) is 5.92 Å². The first kappa shape index (κ1) is 12.2. The first-order valence-electron chi connectivity index (χ1n) is 5.52. The number of rotatable bonds is 5. The van der Waals surface area contributed by atoms with Crippen molar-refractivity contribution in [3.8, 4) is 0 Å². The average molecular weight is 211 g/mol. The average Bonchev–Trinajstić information content (AvgIpc) is 2.64. The summed E-state index contributed by atoms with van der Waals surface area (Å²) < 4.78 is 1.84. The number of aliphatic hydroxyl groups is 1. The highest BCUT2D eigenvalue weighted by atomic mass is 16.3. The van der Waals surface area contributed by atoms with Crippen LogP contribution in [0.4, 0.5) is 0 Å². The molecule has 2 unspecified atom stereocenters. The Balaban J connectivity index is 2.69. The highest BCUT2D eigenvalue weighted by Gasteiger charge is 2.21. The van der Waals surface area contributed by atoms with Gasteiger partial charge in [0, 0.05) is 24.3 Å². The van der Waals surface area contributed by atoms with Crippen LogP contribution < -0.4 is 5.73 Å². The summed E-state index contributed by atoms with van der Waals surface area (Å²) in [7, 11) is 0. The standard InChI is InChI=1S/C11H21N3O/c1-4-5-14-7-9(6-13-14)11(15)10(12)8(2)3/h6-8,10-11,15H,4-5,12H2,1-3H3. The summed E-state index contributed by atoms with van der Waals surface area (Å²) in [5.74, 6) is 0.259. The molecule has 0 aliphatic rings. The molecule has 0 bridgehead atoms. The third kappa shape index (κ3) is 3.04. The highest BCUT2D eigenvalue weighted by Crippen LogP contribution is 2.19. The SMILES string of the molecule is CCCn1cc(C(O)C(N)C(C)C)cn1. The van der Waals surface area contributed by atoms with Gasteiger partial charge in [-0.25, -0.2) is 0 Å². The summed E-state index contributed by atoms with van der Waals surface area (Å²) in [6.45, 7) is 6.98. The Morgan fingerprint density at radius 2 is 2.20 bits per heavy atom. The molecule has 0 radical (unpaired) electrons. The highest BCUT2D eigenvalue weighted by molar-refractivity contribution is 5.10. The molecule has 0 saturated heterocycles. The summed E-state index contributed by atoms with van der Waals surface area (Å²) in [6.07, 6.45) is 3.99. The lowest BCUT2D eigenvalue weighted by molar-refractivity contribution is 0.125. The van der Waals surface area contributed by atoms with Crippen LogP contribution in [0.1, 0.15) is 38.9 Å². The van der Waals surface area contributed by atoms with Gasteiger partial charge in [0.05, 0.1) is 12.3 Å². The maximum absolute atomic E-state index is 9.96. The third-order valence-corrected chi connectivity index (χ3v) is 2.58. The second-order valence-corrected chi connectivity index (χ2v) is 4.30. The van der Waals surface area contributed by atoms with E-state index in [-0.39, 0.29) is 12.0 Å². The van der Waals surface area contributed by atoms with Crippen LogP contribution in [0.5, 0.6) is 0 Å². The fraction of sp³-hybridized carbons (Fsp3) is 0.727. The van der Waals surface area contributed by atoms with Crippen molar-refractivity contribution in [2.45, 2.75) is 45.9 Å². The van der Waals surface area contributed by atoms with Crippen molar-refractivity contribution >= 4 is 0 Å². The number of nitrogens with two attached hydrogens (primary N) is 1. The topological polar surface area (TPSA) is 64.1 Å². The van der Waals surface area contributed by atoms with Crippen molar-refractivity contribution in [2.24, 2.45) is 11.7 Å². The molecule has 1 rings (SSSR count). The van der Waals surface area contributed by atoms with Crippen LogP contribution in [0.25, 0.3) is 0 Å². The van der Waals surface area contributed by atoms with E-state index < -0.39 is 6.10 Å². The number of hydrogen-bond acceptors (Lipinski definition) is 3. The van der Waals surface area contributed by atoms with E-state index in [1.165, 1.54) is 0 Å². The lowest BCUT2D eigenvalue weighted by Crippen LogP contribution is -2.33. The third-order valence-electron chi connectivity index (χ3n) is 2.58. The maximum atomic E-state index is 9.96. The Labute approximate surface area is 91.1 Å². The first-order valence-corrected chi connectivity index (χ1v) is 5.52. The predicted molar refractivity (Wildman–Crippen MR) is 60.3 cm³/mol. The number of aromatic nitrogens is 2. The second-order valence-electron chi connectivity index (χ2n) is 4.30. The van der Waals surface area contributed by atoms with Crippen molar-refractivity contribution in [3.63, 3.8) is 0 Å². The van der Waals surface area contributed by atoms with Crippen molar-refractivity contribution in [1.29, 1.82) is 0 Å². The molecule has 2 atom stereocenters. The molecular weight excluding hydrogens is 190 g/mol. The lowest BCUT2D eigenvalue weighted by atomic mass is 9.96. The van der Waals surface area contributed by atoms with Gasteiger partial charge in [-0.1, -0.05) is 20.8 Å². The van der Waals surface area contributed by atoms with E-state index in [1.54, 1.807) is 6.20 Å². The van der Waals surface area contributed by atoms with Crippen LogP contribution in [-0.4, -0.2) is 20.9 Å². The summed E-state index contributed by atoms with van der Waals surface area (Å²) >= 11 is 0. The van der Waals surface area contributed by atoms with Gasteiger partial charge in [0.25, 0.3) is 0 Å². The fourth-order valence-corrected chi connectivity index (χ4v) is 1.47. The molecule has 1 aromatic rings. The molecule has 0 aliphatic carbocycles. The van der Waals surface area contributed by atoms with E-state index in [1.807, 2.05) is 24.7 Å². The summed E-state index contributed by atoms with van der Waals surface area (Å²) in [4.78, 5) is 0. The molecule has 4 heteroatoms. The zero-order valence-electron chi connectivity index (χ0n) is 9.72. The first-order chi connectivity index (χ1) is 7.06. The van der Waals surface area contributed by atoms with Gasteiger partial charge in [0.15, 0.2) is 0 Å². The lowest BCUT2D eigenvalue weighted by Gasteiger charge is -2.20. The summed E-state index contributed by atoms with van der Waals surface area (Å²) in [5, 5.41) is 14.1. The molecule has 86 valence electrons. The Morgan fingerprint density at radius 1 is 1.53 bits per heavy atom. The maximum Gasteiger partial charge on any atom is 0.0973 e. The minimum atomic E-state index is -0.615. The molecule has 0 fully saturated rings. The monoisotopic (exact) mass is 211 g/mol. The van der Waals surface area contributed by atoms with E-state index in [2.05, 4.69) is 12.0 Å². The molecule has 3 N–H and O–H groups in total. The molecule has 0 aliphatic heterocycles. The van der Waals surface area contributed by atoms with Crippen molar-refractivity contribution in [2.75, 3.05) is 0 Å². The zero-order chi connectivity index (χ0) is 11.4. The molecule has 0 aromatic carbocycles. The smallest absolute Gasteiger partial charge is 0.0973 e. The number of aliphatic hydroxyl groups excluding tert-OH is 1. The van der Waals surface area contributed by atoms with Crippen LogP contribution in [0.2, 0.25) is 0 Å². The molecule has 15 heavy (non-hydrogen) atoms. The Morgan fingerprint density at radius 3 is 2.73 bits per heavy atom. The Bertz CT molecular complexity index is 296. The van der Waals surface area contributed by atoms with Crippen molar-refractivity contribution in [3.05, 3.63) is 18.0 Å². The molecule has 1 heterocycles. The van der Waals surface area contributed by atoms with Gasteiger partial charge in [-0.15, -0.1) is 0 Å². The largest absolute Gasteiger partial charge is 0.387 e. The zero-order valence-corrected chi connectivity index (χ0v) is 9.72. The molecule has 0 saturated carbocycles. The predicted octanol–water partition coefficient (Wildman–Crippen LogP) is 1.31. The quantitative estimate of drug-likeness (QED) is 0.771. The number of nitrogens with zero attached hydrogens (tertiary/aromatic N) is 2. The minimum Gasteiger partial charge on any atom is -0.387 e. The van der Waals surface area contributed by atoms with E-state index in [4.69, 9.17) is 5.73 Å². The molecule has 0 amide bonds. The van der Waals surface area contributed by atoms with Gasteiger partial charge in [0.1, 0.15) is 0 Å². The van der Waals surface area contributed by atoms with Crippen molar-refractivity contribution in [1.82, 2.24) is 9.78 Å². The van der Waals surface area contributed by atoms with Gasteiger partial charge in [0.2, 0.25) is 0 Å². The van der Waals surface area contributed by atoms with E-state index >= 15 is 0 Å². The Kier molecular flexibility index (Phi) is 4.29. The van der Waals surface area contributed by atoms with Crippen LogP contribution in [-0.2, 0) is 6.54 Å². The van der Waals surface area contributed by atoms with E-state index in [9.17, 15) is 5.11 Å². The van der Waals surface area contributed by atoms with E-state index in [0.717, 1.165) is 18.5 Å². The molecular formula is C11H21N3O. The van der Waals surface area contributed by atoms with E-state index in [0.29, 0.717) is 0 Å². The van der Waals surface area contributed by atoms with Crippen LogP contribution >= 0.6 is 0 Å².